The molecule has 0 amide bonds. The van der Waals surface area contributed by atoms with Crippen LogP contribution in [0.5, 0.6) is 0 Å². The minimum absolute atomic E-state index is 0.144. The molecule has 0 bridgehead atoms. The molecule has 4 nitrogen and oxygen atoms in total. The van der Waals surface area contributed by atoms with Crippen LogP contribution < -0.4 is 4.72 Å². The fourth-order valence-electron chi connectivity index (χ4n) is 2.52. The Labute approximate surface area is 114 Å². The molecule has 0 radical (unpaired) electrons. The van der Waals surface area contributed by atoms with Crippen molar-refractivity contribution in [2.24, 2.45) is 5.92 Å². The number of aliphatic hydroxyl groups is 1. The third-order valence-corrected chi connectivity index (χ3v) is 5.12. The Morgan fingerprint density at radius 2 is 1.95 bits per heavy atom. The third-order valence-electron chi connectivity index (χ3n) is 3.56. The number of benzene rings is 1. The largest absolute Gasteiger partial charge is 0.393 e. The van der Waals surface area contributed by atoms with E-state index >= 15 is 0 Å². The lowest BCUT2D eigenvalue weighted by molar-refractivity contribution is 0.0280. The number of aliphatic hydroxyl groups excluding tert-OH is 1. The molecule has 0 heterocycles. The monoisotopic (exact) mass is 283 g/mol. The second kappa shape index (κ2) is 6.03. The highest BCUT2D eigenvalue weighted by atomic mass is 32.2. The van der Waals surface area contributed by atoms with E-state index in [4.69, 9.17) is 0 Å². The predicted octanol–water partition coefficient (Wildman–Crippen LogP) is 1.83. The molecule has 1 aromatic rings. The molecule has 1 fully saturated rings. The average Bonchev–Trinajstić information content (AvgIpc) is 2.33. The lowest BCUT2D eigenvalue weighted by Crippen LogP contribution is -2.42. The summed E-state index contributed by atoms with van der Waals surface area (Å²) in [7, 11) is -3.25. The summed E-state index contributed by atoms with van der Waals surface area (Å²) < 4.78 is 26.7. The topological polar surface area (TPSA) is 66.4 Å². The Morgan fingerprint density at radius 3 is 2.47 bits per heavy atom. The Morgan fingerprint density at radius 1 is 1.32 bits per heavy atom. The van der Waals surface area contributed by atoms with Crippen LogP contribution in [0, 0.1) is 5.92 Å². The van der Waals surface area contributed by atoms with Crippen molar-refractivity contribution in [2.45, 2.75) is 38.3 Å². The summed E-state index contributed by atoms with van der Waals surface area (Å²) in [6.07, 6.45) is 1.64. The van der Waals surface area contributed by atoms with Gasteiger partial charge in [0.1, 0.15) is 0 Å². The van der Waals surface area contributed by atoms with Gasteiger partial charge < -0.3 is 5.11 Å². The van der Waals surface area contributed by atoms with Crippen molar-refractivity contribution in [3.8, 4) is 0 Å². The zero-order valence-corrected chi connectivity index (χ0v) is 11.9. The van der Waals surface area contributed by atoms with Crippen LogP contribution in [-0.4, -0.2) is 25.4 Å². The summed E-state index contributed by atoms with van der Waals surface area (Å²) in [6.45, 7) is 1.85. The van der Waals surface area contributed by atoms with Gasteiger partial charge in [-0.2, -0.15) is 0 Å². The molecule has 0 spiro atoms. The Balaban J connectivity index is 2.16. The molecular formula is C14H21NO3S. The maximum atomic E-state index is 12.0. The molecule has 0 saturated heterocycles. The lowest BCUT2D eigenvalue weighted by Gasteiger charge is -2.38. The molecule has 1 saturated carbocycles. The van der Waals surface area contributed by atoms with E-state index in [1.54, 1.807) is 0 Å². The van der Waals surface area contributed by atoms with Crippen molar-refractivity contribution in [2.75, 3.05) is 5.75 Å². The lowest BCUT2D eigenvalue weighted by atomic mass is 9.75. The van der Waals surface area contributed by atoms with Crippen molar-refractivity contribution >= 4 is 10.0 Å². The van der Waals surface area contributed by atoms with E-state index < -0.39 is 10.0 Å². The molecule has 0 aromatic heterocycles. The van der Waals surface area contributed by atoms with Crippen LogP contribution in [0.15, 0.2) is 30.3 Å². The van der Waals surface area contributed by atoms with Gasteiger partial charge >= 0.3 is 0 Å². The quantitative estimate of drug-likeness (QED) is 0.837. The maximum Gasteiger partial charge on any atom is 0.212 e. The zero-order chi connectivity index (χ0) is 13.9. The average molecular weight is 283 g/mol. The van der Waals surface area contributed by atoms with Gasteiger partial charge in [0.25, 0.3) is 0 Å². The summed E-state index contributed by atoms with van der Waals surface area (Å²) in [5, 5.41) is 9.44. The molecule has 1 atom stereocenters. The molecule has 2 N–H and O–H groups in total. The van der Waals surface area contributed by atoms with Crippen LogP contribution in [0.1, 0.15) is 37.8 Å². The highest BCUT2D eigenvalue weighted by molar-refractivity contribution is 7.89. The normalized spacial score (nSPS) is 24.7. The standard InChI is InChI=1S/C14H21NO3S/c1-2-8-19(17,18)15-14(12-9-13(16)10-12)11-6-4-3-5-7-11/h3-7,12-16H,2,8-10H2,1H3. The van der Waals surface area contributed by atoms with Crippen LogP contribution in [-0.2, 0) is 10.0 Å². The Bertz CT molecular complexity index is 495. The molecular weight excluding hydrogens is 262 g/mol. The summed E-state index contributed by atoms with van der Waals surface area (Å²) in [5.41, 5.74) is 0.971. The second-order valence-corrected chi connectivity index (χ2v) is 7.08. The van der Waals surface area contributed by atoms with Crippen LogP contribution >= 0.6 is 0 Å². The molecule has 19 heavy (non-hydrogen) atoms. The van der Waals surface area contributed by atoms with E-state index in [0.717, 1.165) is 5.56 Å². The summed E-state index contributed by atoms with van der Waals surface area (Å²) in [4.78, 5) is 0. The number of hydrogen-bond acceptors (Lipinski definition) is 3. The molecule has 106 valence electrons. The minimum atomic E-state index is -3.25. The number of hydrogen-bond donors (Lipinski definition) is 2. The highest BCUT2D eigenvalue weighted by Gasteiger charge is 2.36. The number of nitrogens with one attached hydrogen (secondary N) is 1. The molecule has 1 aliphatic carbocycles. The van der Waals surface area contributed by atoms with Crippen LogP contribution in [0.4, 0.5) is 0 Å². The van der Waals surface area contributed by atoms with Crippen molar-refractivity contribution < 1.29 is 13.5 Å². The van der Waals surface area contributed by atoms with E-state index in [1.807, 2.05) is 37.3 Å². The molecule has 0 aliphatic heterocycles. The maximum absolute atomic E-state index is 12.0. The van der Waals surface area contributed by atoms with E-state index in [0.29, 0.717) is 19.3 Å². The first kappa shape index (κ1) is 14.5. The van der Waals surface area contributed by atoms with Crippen LogP contribution in [0.3, 0.4) is 0 Å². The highest BCUT2D eigenvalue weighted by Crippen LogP contribution is 2.38. The zero-order valence-electron chi connectivity index (χ0n) is 11.1. The molecule has 1 unspecified atom stereocenters. The first-order valence-corrected chi connectivity index (χ1v) is 8.40. The van der Waals surface area contributed by atoms with Gasteiger partial charge in [-0.25, -0.2) is 13.1 Å². The van der Waals surface area contributed by atoms with E-state index in [2.05, 4.69) is 4.72 Å². The van der Waals surface area contributed by atoms with Crippen molar-refractivity contribution in [3.05, 3.63) is 35.9 Å². The van der Waals surface area contributed by atoms with Gasteiger partial charge in [0.2, 0.25) is 10.0 Å². The Hall–Kier alpha value is -0.910. The van der Waals surface area contributed by atoms with Crippen LogP contribution in [0.2, 0.25) is 0 Å². The number of rotatable bonds is 6. The first-order chi connectivity index (χ1) is 9.02. The van der Waals surface area contributed by atoms with Crippen LogP contribution in [0.25, 0.3) is 0 Å². The van der Waals surface area contributed by atoms with Crippen molar-refractivity contribution in [1.29, 1.82) is 0 Å². The summed E-state index contributed by atoms with van der Waals surface area (Å²) in [6, 6.07) is 9.38. The van der Waals surface area contributed by atoms with Crippen molar-refractivity contribution in [1.82, 2.24) is 4.72 Å². The van der Waals surface area contributed by atoms with E-state index in [9.17, 15) is 13.5 Å². The molecule has 1 aliphatic rings. The molecule has 2 rings (SSSR count). The van der Waals surface area contributed by atoms with Gasteiger partial charge in [0, 0.05) is 6.04 Å². The first-order valence-electron chi connectivity index (χ1n) is 6.75. The fourth-order valence-corrected chi connectivity index (χ4v) is 3.89. The van der Waals surface area contributed by atoms with Gasteiger partial charge in [-0.1, -0.05) is 37.3 Å². The van der Waals surface area contributed by atoms with Crippen molar-refractivity contribution in [3.63, 3.8) is 0 Å². The Kier molecular flexibility index (Phi) is 4.60. The van der Waals surface area contributed by atoms with E-state index in [1.165, 1.54) is 0 Å². The van der Waals surface area contributed by atoms with E-state index in [-0.39, 0.29) is 23.8 Å². The van der Waals surface area contributed by atoms with Gasteiger partial charge in [0.15, 0.2) is 0 Å². The minimum Gasteiger partial charge on any atom is -0.393 e. The third kappa shape index (κ3) is 3.78. The summed E-state index contributed by atoms with van der Waals surface area (Å²) in [5.74, 6) is 0.329. The van der Waals surface area contributed by atoms with Gasteiger partial charge in [-0.05, 0) is 30.7 Å². The SMILES string of the molecule is CCCS(=O)(=O)NC(c1ccccc1)C1CC(O)C1. The van der Waals surface area contributed by atoms with Gasteiger partial charge in [0.05, 0.1) is 11.9 Å². The predicted molar refractivity (Wildman–Crippen MR) is 75.1 cm³/mol. The number of sulfonamides is 1. The van der Waals surface area contributed by atoms with Gasteiger partial charge in [-0.15, -0.1) is 0 Å². The molecule has 1 aromatic carbocycles. The second-order valence-electron chi connectivity index (χ2n) is 5.21. The summed E-state index contributed by atoms with van der Waals surface area (Å²) >= 11 is 0. The fraction of sp³-hybridized carbons (Fsp3) is 0.571. The smallest absolute Gasteiger partial charge is 0.212 e. The molecule has 5 heteroatoms. The van der Waals surface area contributed by atoms with Gasteiger partial charge in [-0.3, -0.25) is 0 Å².